The second-order valence-corrected chi connectivity index (χ2v) is 5.50. The summed E-state index contributed by atoms with van der Waals surface area (Å²) in [6.07, 6.45) is 1.63. The zero-order valence-corrected chi connectivity index (χ0v) is 14.4. The van der Waals surface area contributed by atoms with Gasteiger partial charge in [0.05, 0.1) is 13.7 Å². The fourth-order valence-electron chi connectivity index (χ4n) is 2.41. The third kappa shape index (κ3) is 7.22. The molecule has 0 bridgehead atoms. The number of ether oxygens (including phenoxy) is 3. The molecule has 0 radical (unpaired) electrons. The molecule has 6 heteroatoms. The minimum absolute atomic E-state index is 0.230. The van der Waals surface area contributed by atoms with Crippen LogP contribution in [0.1, 0.15) is 26.7 Å². The quantitative estimate of drug-likeness (QED) is 0.427. The lowest BCUT2D eigenvalue weighted by molar-refractivity contribution is -0.148. The number of esters is 1. The maximum atomic E-state index is 11.9. The van der Waals surface area contributed by atoms with Crippen LogP contribution in [0.5, 0.6) is 0 Å². The molecule has 21 heavy (non-hydrogen) atoms. The highest BCUT2D eigenvalue weighted by Gasteiger charge is 2.35. The van der Waals surface area contributed by atoms with Crippen LogP contribution >= 0.6 is 0 Å². The first-order chi connectivity index (χ1) is 9.95. The first-order valence-corrected chi connectivity index (χ1v) is 7.44. The van der Waals surface area contributed by atoms with Crippen LogP contribution in [0.3, 0.4) is 0 Å². The highest BCUT2D eigenvalue weighted by molar-refractivity contribution is 5.80. The Hall–Kier alpha value is -0.690. The number of nitrogens with zero attached hydrogens (tertiary/aromatic N) is 1. The van der Waals surface area contributed by atoms with E-state index in [9.17, 15) is 4.79 Å². The lowest BCUT2D eigenvalue weighted by atomic mass is 9.93. The standard InChI is InChI=1S/C15H32N2O4/c1-13(12-15(2,16-3)14(18)21-6)17(9-11-20-5)8-7-10-19-4/h13,16H,7-12H2,1-6H3. The van der Waals surface area contributed by atoms with Crippen LogP contribution in [0.2, 0.25) is 0 Å². The summed E-state index contributed by atoms with van der Waals surface area (Å²) >= 11 is 0. The zero-order valence-electron chi connectivity index (χ0n) is 14.4. The summed E-state index contributed by atoms with van der Waals surface area (Å²) in [5.41, 5.74) is -0.680. The van der Waals surface area contributed by atoms with Crippen molar-refractivity contribution < 1.29 is 19.0 Å². The van der Waals surface area contributed by atoms with Crippen LogP contribution in [0.15, 0.2) is 0 Å². The number of nitrogens with one attached hydrogen (secondary N) is 1. The third-order valence-corrected chi connectivity index (χ3v) is 3.89. The number of rotatable bonds is 12. The number of methoxy groups -OCH3 is 3. The molecular formula is C15H32N2O4. The van der Waals surface area contributed by atoms with Crippen LogP contribution in [-0.4, -0.2) is 77.1 Å². The summed E-state index contributed by atoms with van der Waals surface area (Å²) in [7, 11) is 6.61. The summed E-state index contributed by atoms with van der Waals surface area (Å²) < 4.78 is 15.2. The Morgan fingerprint density at radius 3 is 2.29 bits per heavy atom. The molecule has 0 aromatic heterocycles. The van der Waals surface area contributed by atoms with E-state index in [4.69, 9.17) is 14.2 Å². The molecule has 0 aromatic rings. The predicted octanol–water partition coefficient (Wildman–Crippen LogP) is 0.901. The smallest absolute Gasteiger partial charge is 0.325 e. The summed E-state index contributed by atoms with van der Waals surface area (Å²) in [5, 5.41) is 3.08. The molecule has 2 atom stereocenters. The van der Waals surface area contributed by atoms with Crippen molar-refractivity contribution in [1.29, 1.82) is 0 Å². The largest absolute Gasteiger partial charge is 0.468 e. The molecule has 0 amide bonds. The van der Waals surface area contributed by atoms with Crippen molar-refractivity contribution in [1.82, 2.24) is 10.2 Å². The average molecular weight is 304 g/mol. The third-order valence-electron chi connectivity index (χ3n) is 3.89. The Morgan fingerprint density at radius 1 is 1.19 bits per heavy atom. The Bertz CT molecular complexity index is 289. The van der Waals surface area contributed by atoms with Gasteiger partial charge >= 0.3 is 5.97 Å². The van der Waals surface area contributed by atoms with Gasteiger partial charge in [-0.05, 0) is 33.7 Å². The maximum absolute atomic E-state index is 11.9. The fraction of sp³-hybridized carbons (Fsp3) is 0.933. The summed E-state index contributed by atoms with van der Waals surface area (Å²) in [5.74, 6) is -0.236. The van der Waals surface area contributed by atoms with Crippen LogP contribution in [0.4, 0.5) is 0 Å². The van der Waals surface area contributed by atoms with Crippen molar-refractivity contribution in [3.8, 4) is 0 Å². The summed E-state index contributed by atoms with van der Waals surface area (Å²) in [6.45, 7) is 7.16. The Morgan fingerprint density at radius 2 is 1.81 bits per heavy atom. The van der Waals surface area contributed by atoms with Gasteiger partial charge in [0.1, 0.15) is 5.54 Å². The number of carbonyl (C=O) groups is 1. The first kappa shape index (κ1) is 20.3. The normalized spacial score (nSPS) is 15.8. The second-order valence-electron chi connectivity index (χ2n) is 5.50. The van der Waals surface area contributed by atoms with Crippen molar-refractivity contribution in [3.05, 3.63) is 0 Å². The topological polar surface area (TPSA) is 60.0 Å². The molecule has 0 aliphatic rings. The van der Waals surface area contributed by atoms with E-state index in [1.165, 1.54) is 7.11 Å². The van der Waals surface area contributed by atoms with Gasteiger partial charge in [-0.25, -0.2) is 0 Å². The predicted molar refractivity (Wildman–Crippen MR) is 83.5 cm³/mol. The van der Waals surface area contributed by atoms with Gasteiger partial charge in [0.15, 0.2) is 0 Å². The van der Waals surface area contributed by atoms with E-state index in [1.807, 2.05) is 6.92 Å². The van der Waals surface area contributed by atoms with E-state index in [-0.39, 0.29) is 12.0 Å². The molecule has 0 saturated carbocycles. The summed E-state index contributed by atoms with van der Waals surface area (Å²) in [6, 6.07) is 0.230. The van der Waals surface area contributed by atoms with Gasteiger partial charge in [0.25, 0.3) is 0 Å². The molecule has 1 N–H and O–H groups in total. The molecule has 0 heterocycles. The summed E-state index contributed by atoms with van der Waals surface area (Å²) in [4.78, 5) is 14.3. The van der Waals surface area contributed by atoms with Gasteiger partial charge in [-0.2, -0.15) is 0 Å². The average Bonchev–Trinajstić information content (AvgIpc) is 2.49. The number of likely N-dealkylation sites (N-methyl/N-ethyl adjacent to an activating group) is 1. The number of hydrogen-bond acceptors (Lipinski definition) is 6. The van der Waals surface area contributed by atoms with Crippen LogP contribution < -0.4 is 5.32 Å². The molecule has 0 aliphatic heterocycles. The van der Waals surface area contributed by atoms with Crippen LogP contribution in [0.25, 0.3) is 0 Å². The lowest BCUT2D eigenvalue weighted by Gasteiger charge is -2.35. The molecule has 0 saturated heterocycles. The molecule has 2 unspecified atom stereocenters. The van der Waals surface area contributed by atoms with Crippen molar-refractivity contribution >= 4 is 5.97 Å². The first-order valence-electron chi connectivity index (χ1n) is 7.44. The zero-order chi connectivity index (χ0) is 16.3. The highest BCUT2D eigenvalue weighted by atomic mass is 16.5. The monoisotopic (exact) mass is 304 g/mol. The molecule has 0 rings (SSSR count). The van der Waals surface area contributed by atoms with E-state index in [0.29, 0.717) is 13.0 Å². The van der Waals surface area contributed by atoms with Gasteiger partial charge in [0, 0.05) is 40.0 Å². The van der Waals surface area contributed by atoms with E-state index in [1.54, 1.807) is 21.3 Å². The Balaban J connectivity index is 4.67. The molecule has 0 spiro atoms. The lowest BCUT2D eigenvalue weighted by Crippen LogP contribution is -2.53. The van der Waals surface area contributed by atoms with Gasteiger partial charge in [-0.3, -0.25) is 9.69 Å². The van der Waals surface area contributed by atoms with Crippen molar-refractivity contribution in [2.75, 3.05) is 54.7 Å². The van der Waals surface area contributed by atoms with E-state index >= 15 is 0 Å². The molecule has 6 nitrogen and oxygen atoms in total. The van der Waals surface area contributed by atoms with Gasteiger partial charge in [-0.1, -0.05) is 0 Å². The molecule has 0 aromatic carbocycles. The molecule has 0 fully saturated rings. The highest BCUT2D eigenvalue weighted by Crippen LogP contribution is 2.18. The second kappa shape index (κ2) is 11.0. The van der Waals surface area contributed by atoms with E-state index in [0.717, 1.165) is 26.1 Å². The van der Waals surface area contributed by atoms with Crippen molar-refractivity contribution in [2.24, 2.45) is 0 Å². The van der Waals surface area contributed by atoms with E-state index < -0.39 is 5.54 Å². The fourth-order valence-corrected chi connectivity index (χ4v) is 2.41. The molecule has 0 aliphatic carbocycles. The molecular weight excluding hydrogens is 272 g/mol. The molecule has 126 valence electrons. The Labute approximate surface area is 129 Å². The SMILES string of the molecule is CNC(C)(CC(C)N(CCCOC)CCOC)C(=O)OC. The van der Waals surface area contributed by atoms with Crippen LogP contribution in [-0.2, 0) is 19.0 Å². The van der Waals surface area contributed by atoms with E-state index in [2.05, 4.69) is 17.1 Å². The van der Waals surface area contributed by atoms with Crippen LogP contribution in [0, 0.1) is 0 Å². The van der Waals surface area contributed by atoms with Crippen molar-refractivity contribution in [2.45, 2.75) is 38.3 Å². The maximum Gasteiger partial charge on any atom is 0.325 e. The minimum atomic E-state index is -0.680. The van der Waals surface area contributed by atoms with Gasteiger partial charge < -0.3 is 19.5 Å². The minimum Gasteiger partial charge on any atom is -0.468 e. The van der Waals surface area contributed by atoms with Crippen molar-refractivity contribution in [3.63, 3.8) is 0 Å². The number of carbonyl (C=O) groups excluding carboxylic acids is 1. The van der Waals surface area contributed by atoms with Gasteiger partial charge in [-0.15, -0.1) is 0 Å². The van der Waals surface area contributed by atoms with Gasteiger partial charge in [0.2, 0.25) is 0 Å². The number of hydrogen-bond donors (Lipinski definition) is 1. The Kier molecular flexibility index (Phi) is 10.6.